The molecule has 1 heterocycles. The quantitative estimate of drug-likeness (QED) is 0.317. The van der Waals surface area contributed by atoms with Gasteiger partial charge in [-0.2, -0.15) is 0 Å². The molecule has 0 spiro atoms. The Bertz CT molecular complexity index is 726. The van der Waals surface area contributed by atoms with Crippen LogP contribution >= 0.6 is 11.6 Å². The van der Waals surface area contributed by atoms with Crippen LogP contribution in [0.1, 0.15) is 51.6 Å². The van der Waals surface area contributed by atoms with Gasteiger partial charge in [-0.25, -0.2) is 0 Å². The van der Waals surface area contributed by atoms with E-state index in [0.717, 1.165) is 12.0 Å². The second-order valence-electron chi connectivity index (χ2n) is 9.64. The Kier molecular flexibility index (Phi) is 7.58. The average Bonchev–Trinajstić information content (AvgIpc) is 2.88. The number of allylic oxidation sites excluding steroid dienone is 2. The van der Waals surface area contributed by atoms with Crippen LogP contribution in [-0.4, -0.2) is 32.3 Å². The Morgan fingerprint density at radius 2 is 1.76 bits per heavy atom. The molecule has 1 aromatic carbocycles. The first-order chi connectivity index (χ1) is 13.5. The van der Waals surface area contributed by atoms with Gasteiger partial charge in [-0.15, -0.1) is 13.2 Å². The van der Waals surface area contributed by atoms with Crippen molar-refractivity contribution < 1.29 is 9.22 Å². The van der Waals surface area contributed by atoms with Crippen molar-refractivity contribution in [2.75, 3.05) is 13.2 Å². The highest BCUT2D eigenvalue weighted by Crippen LogP contribution is 2.49. The Morgan fingerprint density at radius 3 is 2.24 bits per heavy atom. The number of carbonyl (C=O) groups is 1. The van der Waals surface area contributed by atoms with Gasteiger partial charge in [-0.1, -0.05) is 56.7 Å². The second-order valence-corrected chi connectivity index (χ2v) is 14.9. The lowest BCUT2D eigenvalue weighted by Gasteiger charge is -2.37. The topological polar surface area (TPSA) is 29.5 Å². The van der Waals surface area contributed by atoms with E-state index in [1.54, 1.807) is 0 Å². The third-order valence-electron chi connectivity index (χ3n) is 6.60. The van der Waals surface area contributed by atoms with Gasteiger partial charge in [0.1, 0.15) is 0 Å². The number of nitrogens with zero attached hydrogens (tertiary/aromatic N) is 1. The van der Waals surface area contributed by atoms with Crippen molar-refractivity contribution in [3.63, 3.8) is 0 Å². The fourth-order valence-corrected chi connectivity index (χ4v) is 5.01. The molecule has 0 aliphatic carbocycles. The third kappa shape index (κ3) is 5.22. The van der Waals surface area contributed by atoms with Crippen molar-refractivity contribution in [2.24, 2.45) is 5.41 Å². The lowest BCUT2D eigenvalue weighted by molar-refractivity contribution is -0.137. The van der Waals surface area contributed by atoms with Crippen molar-refractivity contribution in [3.05, 3.63) is 60.2 Å². The predicted octanol–water partition coefficient (Wildman–Crippen LogP) is 6.77. The number of hydrogen-bond acceptors (Lipinski definition) is 2. The van der Waals surface area contributed by atoms with Gasteiger partial charge in [-0.05, 0) is 55.1 Å². The highest BCUT2D eigenvalue weighted by atomic mass is 35.5. The minimum absolute atomic E-state index is 0.0164. The van der Waals surface area contributed by atoms with Gasteiger partial charge in [0.15, 0.2) is 8.32 Å². The van der Waals surface area contributed by atoms with Gasteiger partial charge >= 0.3 is 0 Å². The van der Waals surface area contributed by atoms with E-state index in [1.165, 1.54) is 0 Å². The second kappa shape index (κ2) is 9.19. The summed E-state index contributed by atoms with van der Waals surface area (Å²) < 4.78 is 6.38. The van der Waals surface area contributed by atoms with Crippen molar-refractivity contribution in [3.8, 4) is 0 Å². The first kappa shape index (κ1) is 23.9. The molecule has 1 aromatic rings. The zero-order valence-corrected chi connectivity index (χ0v) is 20.4. The molecule has 1 amide bonds. The van der Waals surface area contributed by atoms with Crippen LogP contribution in [-0.2, 0) is 9.22 Å². The summed E-state index contributed by atoms with van der Waals surface area (Å²) in [4.78, 5) is 15.6. The van der Waals surface area contributed by atoms with Crippen LogP contribution < -0.4 is 0 Å². The van der Waals surface area contributed by atoms with Crippen molar-refractivity contribution >= 4 is 25.8 Å². The first-order valence-electron chi connectivity index (χ1n) is 10.4. The van der Waals surface area contributed by atoms with Gasteiger partial charge in [0.25, 0.3) is 0 Å². The summed E-state index contributed by atoms with van der Waals surface area (Å²) in [5.74, 6) is 0.177. The average molecular weight is 434 g/mol. The summed E-state index contributed by atoms with van der Waals surface area (Å²) >= 11 is 6.09. The van der Waals surface area contributed by atoms with Crippen LogP contribution in [0.25, 0.3) is 0 Å². The Labute approximate surface area is 182 Å². The zero-order chi connectivity index (χ0) is 21.9. The van der Waals surface area contributed by atoms with Crippen molar-refractivity contribution in [1.82, 2.24) is 4.90 Å². The minimum atomic E-state index is -1.86. The SMILES string of the molecule is C=CCC1(CC=C)C[C@H](c2ccc(Cl)cc2)N(CCO[Si](C)(C)C(C)(C)C)C1=O. The molecular weight excluding hydrogens is 398 g/mol. The fourth-order valence-electron chi connectivity index (χ4n) is 3.85. The fraction of sp³-hybridized carbons (Fsp3) is 0.542. The molecule has 5 heteroatoms. The normalized spacial score (nSPS) is 19.4. The summed E-state index contributed by atoms with van der Waals surface area (Å²) in [6.45, 7) is 20.1. The number of amides is 1. The largest absolute Gasteiger partial charge is 0.415 e. The first-order valence-corrected chi connectivity index (χ1v) is 13.7. The standard InChI is InChI=1S/C24H36ClNO2Si/c1-8-14-24(15-9-2)18-21(19-10-12-20(25)13-11-19)26(22(24)27)16-17-28-29(6,7)23(3,4)5/h8-13,21H,1-2,14-18H2,3-7H3/t21-/m1/s1. The molecule has 3 nitrogen and oxygen atoms in total. The number of benzene rings is 1. The molecule has 1 saturated heterocycles. The summed E-state index contributed by atoms with van der Waals surface area (Å²) in [6, 6.07) is 7.86. The monoisotopic (exact) mass is 433 g/mol. The number of likely N-dealkylation sites (tertiary alicyclic amines) is 1. The van der Waals surface area contributed by atoms with E-state index in [1.807, 2.05) is 41.3 Å². The Hall–Kier alpha value is -1.36. The molecule has 0 aromatic heterocycles. The highest BCUT2D eigenvalue weighted by molar-refractivity contribution is 6.74. The number of hydrogen-bond donors (Lipinski definition) is 0. The zero-order valence-electron chi connectivity index (χ0n) is 18.6. The van der Waals surface area contributed by atoms with Crippen molar-refractivity contribution in [1.29, 1.82) is 0 Å². The van der Waals surface area contributed by atoms with Crippen molar-refractivity contribution in [2.45, 2.75) is 64.2 Å². The third-order valence-corrected chi connectivity index (χ3v) is 11.4. The summed E-state index contributed by atoms with van der Waals surface area (Å²) in [5.41, 5.74) is 0.648. The van der Waals surface area contributed by atoms with E-state index in [4.69, 9.17) is 16.0 Å². The molecule has 0 bridgehead atoms. The maximum absolute atomic E-state index is 13.6. The Balaban J connectivity index is 2.28. The molecule has 2 rings (SSSR count). The Morgan fingerprint density at radius 1 is 1.21 bits per heavy atom. The van der Waals surface area contributed by atoms with Gasteiger partial charge in [0, 0.05) is 11.6 Å². The summed E-state index contributed by atoms with van der Waals surface area (Å²) in [6.07, 6.45) is 5.78. The molecule has 29 heavy (non-hydrogen) atoms. The van der Waals surface area contributed by atoms with Crippen LogP contribution in [0.3, 0.4) is 0 Å². The molecule has 1 aliphatic heterocycles. The predicted molar refractivity (Wildman–Crippen MR) is 126 cm³/mol. The van der Waals surface area contributed by atoms with E-state index in [9.17, 15) is 4.79 Å². The smallest absolute Gasteiger partial charge is 0.230 e. The summed E-state index contributed by atoms with van der Waals surface area (Å²) in [5, 5.41) is 0.849. The molecule has 0 saturated carbocycles. The summed E-state index contributed by atoms with van der Waals surface area (Å²) in [7, 11) is -1.86. The van der Waals surface area contributed by atoms with Crippen LogP contribution in [0.5, 0.6) is 0 Å². The van der Waals surface area contributed by atoms with E-state index in [-0.39, 0.29) is 17.0 Å². The number of rotatable bonds is 9. The highest BCUT2D eigenvalue weighted by Gasteiger charge is 2.50. The molecule has 0 N–H and O–H groups in total. The molecular formula is C24H36ClNO2Si. The minimum Gasteiger partial charge on any atom is -0.415 e. The van der Waals surface area contributed by atoms with Crippen LogP contribution in [0.2, 0.25) is 23.2 Å². The van der Waals surface area contributed by atoms with Gasteiger partial charge in [-0.3, -0.25) is 4.79 Å². The number of carbonyl (C=O) groups excluding carboxylic acids is 1. The molecule has 1 aliphatic rings. The van der Waals surface area contributed by atoms with Crippen LogP contribution in [0.4, 0.5) is 0 Å². The van der Waals surface area contributed by atoms with E-state index in [2.05, 4.69) is 47.0 Å². The van der Waals surface area contributed by atoms with E-state index in [0.29, 0.717) is 31.0 Å². The van der Waals surface area contributed by atoms with Crippen LogP contribution in [0.15, 0.2) is 49.6 Å². The van der Waals surface area contributed by atoms with Gasteiger partial charge in [0.05, 0.1) is 18.1 Å². The van der Waals surface area contributed by atoms with E-state index >= 15 is 0 Å². The van der Waals surface area contributed by atoms with Gasteiger partial charge < -0.3 is 9.33 Å². The maximum atomic E-state index is 13.6. The van der Waals surface area contributed by atoms with E-state index < -0.39 is 13.7 Å². The molecule has 1 atom stereocenters. The lowest BCUT2D eigenvalue weighted by atomic mass is 9.77. The molecule has 1 fully saturated rings. The molecule has 0 unspecified atom stereocenters. The van der Waals surface area contributed by atoms with Gasteiger partial charge in [0.2, 0.25) is 5.91 Å². The molecule has 0 radical (unpaired) electrons. The van der Waals surface area contributed by atoms with Crippen LogP contribution in [0, 0.1) is 5.41 Å². The maximum Gasteiger partial charge on any atom is 0.230 e. The lowest BCUT2D eigenvalue weighted by Crippen LogP contribution is -2.44. The number of halogens is 1. The molecule has 160 valence electrons.